The molecule has 0 N–H and O–H groups in total. The molecule has 0 aliphatic heterocycles. The Bertz CT molecular complexity index is 216. The third kappa shape index (κ3) is 18.7. The van der Waals surface area contributed by atoms with Crippen LogP contribution in [0.1, 0.15) is 105 Å². The Hall–Kier alpha value is 0.540. The van der Waals surface area contributed by atoms with Crippen LogP contribution in [0.25, 0.3) is 0 Å². The molecule has 0 aromatic heterocycles. The Labute approximate surface area is 160 Å². The Morgan fingerprint density at radius 2 is 1.43 bits per heavy atom. The molecule has 0 saturated heterocycles. The molecule has 0 radical (unpaired) electrons. The van der Waals surface area contributed by atoms with Gasteiger partial charge in [0.25, 0.3) is 0 Å². The summed E-state index contributed by atoms with van der Waals surface area (Å²) in [6, 6.07) is 0. The first kappa shape index (κ1) is 25.8. The first-order valence-electron chi connectivity index (χ1n) is 9.76. The molecule has 2 rings (SSSR count). The van der Waals surface area contributed by atoms with Crippen LogP contribution in [0, 0.1) is 25.7 Å². The van der Waals surface area contributed by atoms with E-state index in [1.54, 1.807) is 27.8 Å². The second-order valence-electron chi connectivity index (χ2n) is 6.91. The maximum Gasteiger partial charge on any atom is -0.0465 e. The van der Waals surface area contributed by atoms with Gasteiger partial charge in [-0.1, -0.05) is 45.4 Å². The van der Waals surface area contributed by atoms with Gasteiger partial charge >= 0.3 is 57.0 Å². The number of hydrogen-bond acceptors (Lipinski definition) is 1. The minimum Gasteiger partial charge on any atom is -0.346 e. The fourth-order valence-corrected chi connectivity index (χ4v) is 2.72. The van der Waals surface area contributed by atoms with Gasteiger partial charge in [-0.2, -0.15) is 32.6 Å². The van der Waals surface area contributed by atoms with Gasteiger partial charge in [0.05, 0.1) is 0 Å². The largest absolute Gasteiger partial charge is 0.346 e. The maximum atomic E-state index is 4.19. The van der Waals surface area contributed by atoms with E-state index in [0.29, 0.717) is 0 Å². The van der Waals surface area contributed by atoms with Gasteiger partial charge in [-0.3, -0.25) is 0 Å². The average molecular weight is 401 g/mol. The van der Waals surface area contributed by atoms with Crippen LogP contribution in [0.5, 0.6) is 0 Å². The van der Waals surface area contributed by atoms with Gasteiger partial charge in [-0.25, -0.2) is 0 Å². The van der Waals surface area contributed by atoms with E-state index in [2.05, 4.69) is 50.8 Å². The number of rotatable bonds is 3. The first-order valence-corrected chi connectivity index (χ1v) is 10.7. The smallest absolute Gasteiger partial charge is 0.0465 e. The van der Waals surface area contributed by atoms with Gasteiger partial charge in [0, 0.05) is 0 Å². The zero-order chi connectivity index (χ0) is 18.0. The number of nitrogens with zero attached hydrogens (tertiary/aromatic N) is 1. The van der Waals surface area contributed by atoms with Crippen LogP contribution in [-0.4, -0.2) is 5.54 Å². The van der Waals surface area contributed by atoms with Crippen molar-refractivity contribution in [3.05, 3.63) is 19.8 Å². The van der Waals surface area contributed by atoms with Crippen LogP contribution in [0.3, 0.4) is 0 Å². The summed E-state index contributed by atoms with van der Waals surface area (Å²) in [4.78, 5) is 0. The van der Waals surface area contributed by atoms with Crippen LogP contribution >= 0.6 is 0 Å². The maximum absolute atomic E-state index is 4.19. The fraction of sp³-hybridized carbons (Fsp3) is 0.857. The molecule has 0 bridgehead atoms. The van der Waals surface area contributed by atoms with E-state index in [9.17, 15) is 0 Å². The summed E-state index contributed by atoms with van der Waals surface area (Å²) in [5.41, 5.74) is 0.231. The van der Waals surface area contributed by atoms with Gasteiger partial charge in [0.15, 0.2) is 0 Å². The molecule has 2 heteroatoms. The van der Waals surface area contributed by atoms with E-state index >= 15 is 0 Å². The summed E-state index contributed by atoms with van der Waals surface area (Å²) >= 11 is 1.55. The Morgan fingerprint density at radius 1 is 0.957 bits per heavy atom. The van der Waals surface area contributed by atoms with Crippen LogP contribution in [0.15, 0.2) is 3.34 Å². The van der Waals surface area contributed by atoms with E-state index in [0.717, 1.165) is 12.3 Å². The van der Waals surface area contributed by atoms with Gasteiger partial charge in [-0.15, -0.1) is 0 Å². The van der Waals surface area contributed by atoms with Crippen molar-refractivity contribution in [2.24, 2.45) is 9.26 Å². The summed E-state index contributed by atoms with van der Waals surface area (Å²) in [5.74, 6) is 1.06. The van der Waals surface area contributed by atoms with Crippen molar-refractivity contribution in [2.75, 3.05) is 0 Å². The second kappa shape index (κ2) is 18.9. The van der Waals surface area contributed by atoms with Gasteiger partial charge in [0.1, 0.15) is 0 Å². The molecule has 2 aliphatic carbocycles. The van der Waals surface area contributed by atoms with Crippen molar-refractivity contribution < 1.29 is 20.9 Å². The molecule has 2 saturated carbocycles. The van der Waals surface area contributed by atoms with E-state index in [4.69, 9.17) is 0 Å². The minimum absolute atomic E-state index is 0.231. The van der Waals surface area contributed by atoms with Crippen LogP contribution in [0.2, 0.25) is 0 Å². The predicted molar refractivity (Wildman–Crippen MR) is 102 cm³/mol. The fourth-order valence-electron chi connectivity index (χ4n) is 2.37. The molecule has 0 unspecified atom stereocenters. The molecular weight excluding hydrogens is 359 g/mol. The van der Waals surface area contributed by atoms with Crippen molar-refractivity contribution in [1.82, 2.24) is 0 Å². The van der Waals surface area contributed by atoms with Crippen LogP contribution in [-0.2, 0) is 20.9 Å². The summed E-state index contributed by atoms with van der Waals surface area (Å²) in [7, 11) is 0. The minimum atomic E-state index is 0.231. The summed E-state index contributed by atoms with van der Waals surface area (Å²) < 4.78 is 4.19. The van der Waals surface area contributed by atoms with Crippen molar-refractivity contribution in [3.8, 4) is 0 Å². The van der Waals surface area contributed by atoms with E-state index in [1.165, 1.54) is 64.2 Å². The Balaban J connectivity index is 0. The summed E-state index contributed by atoms with van der Waals surface area (Å²) in [5, 5.41) is 0. The molecule has 0 aromatic rings. The zero-order valence-corrected chi connectivity index (χ0v) is 18.8. The molecule has 0 atom stereocenters. The van der Waals surface area contributed by atoms with Crippen molar-refractivity contribution >= 4 is 0 Å². The SMILES string of the molecule is CCC(C)(C)[N]=[Nb].CCC1CC[CH-]CC1.[CH-]1CCCCC1.[CH2-]C. The molecule has 0 heterocycles. The molecular formula is C21H42NNb-3. The van der Waals surface area contributed by atoms with Crippen molar-refractivity contribution in [3.63, 3.8) is 0 Å². The van der Waals surface area contributed by atoms with Crippen molar-refractivity contribution in [2.45, 2.75) is 111 Å². The standard InChI is InChI=1S/C8H15.C6H11.C5H11N.C2H5.Nb/c1-2-8-6-4-3-5-7-8;1-2-4-6-5-3-1;1-4-5(2,3)6;1-2;/h3,8H,2,4-7H2,1H3;1H,2-6H2;4H2,1-3H3;1H2,2H3;/q2*-1;;-1;. The second-order valence-corrected chi connectivity index (χ2v) is 7.40. The molecule has 0 aromatic carbocycles. The molecule has 0 amide bonds. The van der Waals surface area contributed by atoms with Gasteiger partial charge in [0.2, 0.25) is 0 Å². The van der Waals surface area contributed by atoms with E-state index in [-0.39, 0.29) is 5.54 Å². The molecule has 2 fully saturated rings. The van der Waals surface area contributed by atoms with Gasteiger partial charge < -0.3 is 19.8 Å². The molecule has 2 aliphatic rings. The van der Waals surface area contributed by atoms with E-state index in [1.807, 2.05) is 0 Å². The normalized spacial score (nSPS) is 18.1. The number of hydrogen-bond donors (Lipinski definition) is 0. The van der Waals surface area contributed by atoms with Crippen molar-refractivity contribution in [1.29, 1.82) is 0 Å². The third-order valence-electron chi connectivity index (χ3n) is 4.59. The first-order chi connectivity index (χ1) is 11.1. The van der Waals surface area contributed by atoms with Crippen LogP contribution in [0.4, 0.5) is 0 Å². The molecule has 23 heavy (non-hydrogen) atoms. The van der Waals surface area contributed by atoms with Crippen LogP contribution < -0.4 is 0 Å². The molecule has 139 valence electrons. The summed E-state index contributed by atoms with van der Waals surface area (Å²) in [6.07, 6.45) is 20.1. The monoisotopic (exact) mass is 401 g/mol. The molecule has 0 spiro atoms. The predicted octanol–water partition coefficient (Wildman–Crippen LogP) is 7.69. The Morgan fingerprint density at radius 3 is 1.61 bits per heavy atom. The summed E-state index contributed by atoms with van der Waals surface area (Å²) in [6.45, 7) is 13.7. The van der Waals surface area contributed by atoms with E-state index < -0.39 is 0 Å². The zero-order valence-electron chi connectivity index (χ0n) is 16.6. The topological polar surface area (TPSA) is 12.4 Å². The third-order valence-corrected chi connectivity index (χ3v) is 5.92. The van der Waals surface area contributed by atoms with Gasteiger partial charge in [-0.05, 0) is 5.92 Å². The molecule has 1 nitrogen and oxygen atoms in total. The average Bonchev–Trinajstić information content (AvgIpc) is 2.66. The quantitative estimate of drug-likeness (QED) is 0.339. The Kier molecular flexibility index (Phi) is 21.2.